The Morgan fingerprint density at radius 3 is 2.38 bits per heavy atom. The van der Waals surface area contributed by atoms with E-state index in [-0.39, 0.29) is 5.91 Å². The van der Waals surface area contributed by atoms with Crippen LogP contribution in [0.4, 0.5) is 0 Å². The zero-order valence-corrected chi connectivity index (χ0v) is 17.4. The zero-order chi connectivity index (χ0) is 20.8. The van der Waals surface area contributed by atoms with Crippen LogP contribution >= 0.6 is 0 Å². The van der Waals surface area contributed by atoms with E-state index in [0.717, 1.165) is 16.7 Å². The van der Waals surface area contributed by atoms with Crippen LogP contribution in [0.5, 0.6) is 0 Å². The second-order valence-corrected chi connectivity index (χ2v) is 7.50. The van der Waals surface area contributed by atoms with Gasteiger partial charge in [-0.25, -0.2) is 0 Å². The molecule has 1 amide bonds. The van der Waals surface area contributed by atoms with E-state index in [1.165, 1.54) is 0 Å². The molecule has 2 aromatic carbocycles. The highest BCUT2D eigenvalue weighted by Crippen LogP contribution is 2.25. The number of benzene rings is 2. The molecule has 0 unspecified atom stereocenters. The molecule has 1 heterocycles. The van der Waals surface area contributed by atoms with Gasteiger partial charge in [0.05, 0.1) is 6.61 Å². The number of hydrogen-bond donors (Lipinski definition) is 0. The molecular weight excluding hydrogens is 366 g/mol. The van der Waals surface area contributed by atoms with E-state index >= 15 is 0 Å². The van der Waals surface area contributed by atoms with E-state index < -0.39 is 0 Å². The van der Waals surface area contributed by atoms with Crippen LogP contribution in [0.25, 0.3) is 22.9 Å². The van der Waals surface area contributed by atoms with E-state index in [1.54, 1.807) is 19.2 Å². The number of hydrogen-bond acceptors (Lipinski definition) is 5. The summed E-state index contributed by atoms with van der Waals surface area (Å²) in [6, 6.07) is 15.2. The summed E-state index contributed by atoms with van der Waals surface area (Å²) in [6.07, 6.45) is 0. The van der Waals surface area contributed by atoms with Gasteiger partial charge in [-0.05, 0) is 49.2 Å². The highest BCUT2D eigenvalue weighted by atomic mass is 16.5. The molecule has 0 aliphatic heterocycles. The van der Waals surface area contributed by atoms with E-state index in [2.05, 4.69) is 24.0 Å². The quantitative estimate of drug-likeness (QED) is 0.565. The maximum Gasteiger partial charge on any atom is 0.253 e. The van der Waals surface area contributed by atoms with Crippen molar-refractivity contribution < 1.29 is 13.9 Å². The minimum Gasteiger partial charge on any atom is -0.416 e. The lowest BCUT2D eigenvalue weighted by Gasteiger charge is -2.24. The highest BCUT2D eigenvalue weighted by molar-refractivity contribution is 5.94. The lowest BCUT2D eigenvalue weighted by molar-refractivity contribution is 0.0672. The minimum atomic E-state index is -0.00622. The Balaban J connectivity index is 1.76. The number of nitrogens with zero attached hydrogens (tertiary/aromatic N) is 3. The summed E-state index contributed by atoms with van der Waals surface area (Å²) in [7, 11) is 1.64. The molecule has 0 radical (unpaired) electrons. The third-order valence-corrected chi connectivity index (χ3v) is 4.51. The largest absolute Gasteiger partial charge is 0.416 e. The Morgan fingerprint density at radius 2 is 1.76 bits per heavy atom. The van der Waals surface area contributed by atoms with Crippen molar-refractivity contribution in [2.24, 2.45) is 5.92 Å². The van der Waals surface area contributed by atoms with Gasteiger partial charge in [0.1, 0.15) is 0 Å². The maximum absolute atomic E-state index is 12.9. The van der Waals surface area contributed by atoms with Gasteiger partial charge in [0.2, 0.25) is 11.8 Å². The van der Waals surface area contributed by atoms with Crippen LogP contribution in [-0.4, -0.2) is 47.8 Å². The molecule has 29 heavy (non-hydrogen) atoms. The maximum atomic E-state index is 12.9. The fourth-order valence-electron chi connectivity index (χ4n) is 3.09. The molecule has 0 atom stereocenters. The molecule has 3 rings (SSSR count). The predicted octanol–water partition coefficient (Wildman–Crippen LogP) is 4.46. The summed E-state index contributed by atoms with van der Waals surface area (Å²) >= 11 is 0. The molecule has 0 aliphatic carbocycles. The summed E-state index contributed by atoms with van der Waals surface area (Å²) in [4.78, 5) is 14.7. The zero-order valence-electron chi connectivity index (χ0n) is 17.4. The van der Waals surface area contributed by atoms with Crippen molar-refractivity contribution in [1.29, 1.82) is 0 Å². The number of amides is 1. The molecule has 6 nitrogen and oxygen atoms in total. The topological polar surface area (TPSA) is 68.5 Å². The van der Waals surface area contributed by atoms with Crippen molar-refractivity contribution in [2.75, 3.05) is 26.8 Å². The number of rotatable bonds is 8. The first-order valence-corrected chi connectivity index (χ1v) is 9.77. The van der Waals surface area contributed by atoms with Crippen LogP contribution in [0.15, 0.2) is 52.9 Å². The van der Waals surface area contributed by atoms with Gasteiger partial charge in [0, 0.05) is 36.9 Å². The van der Waals surface area contributed by atoms with Crippen molar-refractivity contribution in [3.63, 3.8) is 0 Å². The first-order valence-electron chi connectivity index (χ1n) is 9.77. The molecular formula is C23H27N3O3. The average Bonchev–Trinajstić information content (AvgIpc) is 3.21. The number of aryl methyl sites for hydroxylation is 1. The fraction of sp³-hybridized carbons (Fsp3) is 0.348. The van der Waals surface area contributed by atoms with Crippen LogP contribution < -0.4 is 0 Å². The van der Waals surface area contributed by atoms with Crippen LogP contribution in [0.3, 0.4) is 0 Å². The third-order valence-electron chi connectivity index (χ3n) is 4.51. The summed E-state index contributed by atoms with van der Waals surface area (Å²) in [6.45, 7) is 7.98. The van der Waals surface area contributed by atoms with Gasteiger partial charge in [-0.15, -0.1) is 10.2 Å². The van der Waals surface area contributed by atoms with Crippen molar-refractivity contribution in [3.05, 3.63) is 59.7 Å². The third kappa shape index (κ3) is 5.29. The number of carbonyl (C=O) groups is 1. The predicted molar refractivity (Wildman–Crippen MR) is 113 cm³/mol. The Morgan fingerprint density at radius 1 is 1.07 bits per heavy atom. The monoisotopic (exact) mass is 393 g/mol. The molecule has 152 valence electrons. The second kappa shape index (κ2) is 9.47. The Labute approximate surface area is 171 Å². The summed E-state index contributed by atoms with van der Waals surface area (Å²) in [5.41, 5.74) is 3.42. The van der Waals surface area contributed by atoms with E-state index in [1.807, 2.05) is 48.2 Å². The van der Waals surface area contributed by atoms with Gasteiger partial charge in [0.25, 0.3) is 5.91 Å². The number of ether oxygens (including phenoxy) is 1. The standard InChI is InChI=1S/C23H27N3O3/c1-16(2)15-26(12-13-28-4)23(27)19-10-8-18(9-11-19)21-24-25-22(29-21)20-7-5-6-17(3)14-20/h5-11,14,16H,12-13,15H2,1-4H3. The van der Waals surface area contributed by atoms with Crippen LogP contribution in [0.2, 0.25) is 0 Å². The lowest BCUT2D eigenvalue weighted by atomic mass is 10.1. The molecule has 0 saturated carbocycles. The molecule has 0 bridgehead atoms. The lowest BCUT2D eigenvalue weighted by Crippen LogP contribution is -2.36. The summed E-state index contributed by atoms with van der Waals surface area (Å²) in [5.74, 6) is 1.28. The van der Waals surface area contributed by atoms with Gasteiger partial charge in [0.15, 0.2) is 0 Å². The average molecular weight is 393 g/mol. The Hall–Kier alpha value is -2.99. The molecule has 0 saturated heterocycles. The fourth-order valence-corrected chi connectivity index (χ4v) is 3.09. The second-order valence-electron chi connectivity index (χ2n) is 7.50. The smallest absolute Gasteiger partial charge is 0.253 e. The molecule has 0 aliphatic rings. The van der Waals surface area contributed by atoms with Gasteiger partial charge in [-0.2, -0.15) is 0 Å². The number of aromatic nitrogens is 2. The SMILES string of the molecule is COCCN(CC(C)C)C(=O)c1ccc(-c2nnc(-c3cccc(C)c3)o2)cc1. The Kier molecular flexibility index (Phi) is 6.77. The summed E-state index contributed by atoms with van der Waals surface area (Å²) in [5, 5.41) is 8.30. The van der Waals surface area contributed by atoms with Gasteiger partial charge >= 0.3 is 0 Å². The van der Waals surface area contributed by atoms with Crippen molar-refractivity contribution in [2.45, 2.75) is 20.8 Å². The van der Waals surface area contributed by atoms with E-state index in [4.69, 9.17) is 9.15 Å². The van der Waals surface area contributed by atoms with E-state index in [0.29, 0.717) is 43.0 Å². The number of methoxy groups -OCH3 is 1. The van der Waals surface area contributed by atoms with Gasteiger partial charge in [-0.3, -0.25) is 4.79 Å². The Bertz CT molecular complexity index is 948. The van der Waals surface area contributed by atoms with Crippen molar-refractivity contribution in [3.8, 4) is 22.9 Å². The molecule has 3 aromatic rings. The number of carbonyl (C=O) groups excluding carboxylic acids is 1. The van der Waals surface area contributed by atoms with Crippen molar-refractivity contribution in [1.82, 2.24) is 15.1 Å². The molecule has 0 spiro atoms. The first kappa shape index (κ1) is 20.7. The normalized spacial score (nSPS) is 11.1. The van der Waals surface area contributed by atoms with Crippen molar-refractivity contribution >= 4 is 5.91 Å². The van der Waals surface area contributed by atoms with E-state index in [9.17, 15) is 4.79 Å². The molecule has 6 heteroatoms. The summed E-state index contributed by atoms with van der Waals surface area (Å²) < 4.78 is 11.0. The van der Waals surface area contributed by atoms with Gasteiger partial charge < -0.3 is 14.1 Å². The molecule has 0 N–H and O–H groups in total. The van der Waals surface area contributed by atoms with Crippen LogP contribution in [-0.2, 0) is 4.74 Å². The molecule has 0 fully saturated rings. The molecule has 1 aromatic heterocycles. The van der Waals surface area contributed by atoms with Crippen LogP contribution in [0.1, 0.15) is 29.8 Å². The van der Waals surface area contributed by atoms with Crippen LogP contribution in [0, 0.1) is 12.8 Å². The minimum absolute atomic E-state index is 0.00622. The highest BCUT2D eigenvalue weighted by Gasteiger charge is 2.17. The van der Waals surface area contributed by atoms with Gasteiger partial charge in [-0.1, -0.05) is 31.5 Å². The first-order chi connectivity index (χ1) is 14.0.